The third-order valence-electron chi connectivity index (χ3n) is 4.44. The van der Waals surface area contributed by atoms with Crippen molar-refractivity contribution in [2.24, 2.45) is 0 Å². The van der Waals surface area contributed by atoms with E-state index < -0.39 is 40.1 Å². The van der Waals surface area contributed by atoms with Crippen molar-refractivity contribution in [3.8, 4) is 6.07 Å². The normalized spacial score (nSPS) is 12.2. The van der Waals surface area contributed by atoms with Gasteiger partial charge in [0.25, 0.3) is 0 Å². The molecule has 3 aromatic rings. The van der Waals surface area contributed by atoms with Gasteiger partial charge in [-0.1, -0.05) is 0 Å². The second-order valence-corrected chi connectivity index (χ2v) is 6.14. The van der Waals surface area contributed by atoms with Crippen LogP contribution < -0.4 is 5.32 Å². The standard InChI is InChI=1S/C21H9F3N2O2/c22-15-8-16(23)19(24)18-17(15)20(27)13-6-5-12(7-14(13)21(18)28)26-11-3-1-10(9-25)2-4-11/h1-8,26H. The molecule has 0 unspecified atom stereocenters. The van der Waals surface area contributed by atoms with Crippen LogP contribution in [0.4, 0.5) is 24.5 Å². The van der Waals surface area contributed by atoms with Crippen molar-refractivity contribution >= 4 is 22.9 Å². The van der Waals surface area contributed by atoms with Crippen LogP contribution in [-0.2, 0) is 0 Å². The van der Waals surface area contributed by atoms with Crippen LogP contribution in [0.2, 0.25) is 0 Å². The van der Waals surface area contributed by atoms with Crippen molar-refractivity contribution in [1.29, 1.82) is 5.26 Å². The second kappa shape index (κ2) is 6.35. The smallest absolute Gasteiger partial charge is 0.197 e. The first kappa shape index (κ1) is 17.5. The molecule has 0 bridgehead atoms. The molecular formula is C21H9F3N2O2. The van der Waals surface area contributed by atoms with Crippen LogP contribution >= 0.6 is 0 Å². The van der Waals surface area contributed by atoms with Gasteiger partial charge in [0.1, 0.15) is 5.82 Å². The summed E-state index contributed by atoms with van der Waals surface area (Å²) in [5.41, 5.74) is -0.419. The molecule has 4 nitrogen and oxygen atoms in total. The van der Waals surface area contributed by atoms with Gasteiger partial charge in [-0.2, -0.15) is 5.26 Å². The highest BCUT2D eigenvalue weighted by molar-refractivity contribution is 6.28. The number of halogens is 3. The summed E-state index contributed by atoms with van der Waals surface area (Å²) in [6.07, 6.45) is 0. The van der Waals surface area contributed by atoms with Crippen molar-refractivity contribution in [2.45, 2.75) is 0 Å². The molecule has 0 heterocycles. The molecule has 1 N–H and O–H groups in total. The third-order valence-corrected chi connectivity index (χ3v) is 4.44. The summed E-state index contributed by atoms with van der Waals surface area (Å²) in [6.45, 7) is 0. The summed E-state index contributed by atoms with van der Waals surface area (Å²) in [6, 6.07) is 12.9. The lowest BCUT2D eigenvalue weighted by Crippen LogP contribution is -2.24. The maximum absolute atomic E-state index is 14.1. The number of carbonyl (C=O) groups excluding carboxylic acids is 2. The maximum atomic E-state index is 14.1. The molecule has 1 aliphatic carbocycles. The summed E-state index contributed by atoms with van der Waals surface area (Å²) in [5.74, 6) is -6.22. The van der Waals surface area contributed by atoms with Crippen molar-refractivity contribution in [1.82, 2.24) is 0 Å². The topological polar surface area (TPSA) is 70.0 Å². The summed E-state index contributed by atoms with van der Waals surface area (Å²) in [7, 11) is 0. The average molecular weight is 378 g/mol. The van der Waals surface area contributed by atoms with Gasteiger partial charge >= 0.3 is 0 Å². The van der Waals surface area contributed by atoms with Crippen LogP contribution in [0.15, 0.2) is 48.5 Å². The van der Waals surface area contributed by atoms with Crippen molar-refractivity contribution in [3.05, 3.63) is 93.8 Å². The maximum Gasteiger partial charge on any atom is 0.197 e. The molecular weight excluding hydrogens is 369 g/mol. The van der Waals surface area contributed by atoms with E-state index >= 15 is 0 Å². The molecule has 0 aromatic heterocycles. The highest BCUT2D eigenvalue weighted by Gasteiger charge is 2.36. The molecule has 0 saturated heterocycles. The Morgan fingerprint density at radius 1 is 0.750 bits per heavy atom. The van der Waals surface area contributed by atoms with Gasteiger partial charge in [-0.05, 0) is 42.5 Å². The van der Waals surface area contributed by atoms with Crippen molar-refractivity contribution < 1.29 is 22.8 Å². The fraction of sp³-hybridized carbons (Fsp3) is 0. The minimum Gasteiger partial charge on any atom is -0.356 e. The molecule has 0 amide bonds. The largest absolute Gasteiger partial charge is 0.356 e. The quantitative estimate of drug-likeness (QED) is 0.522. The highest BCUT2D eigenvalue weighted by Crippen LogP contribution is 2.33. The SMILES string of the molecule is N#Cc1ccc(Nc2ccc3c(c2)C(=O)c2c(F)c(F)cc(F)c2C3=O)cc1. The number of anilines is 2. The first-order chi connectivity index (χ1) is 13.4. The number of nitrogens with one attached hydrogen (secondary N) is 1. The predicted octanol–water partition coefficient (Wildman–Crippen LogP) is 4.49. The Morgan fingerprint density at radius 2 is 1.39 bits per heavy atom. The Bertz CT molecular complexity index is 1210. The van der Waals surface area contributed by atoms with E-state index in [-0.39, 0.29) is 17.2 Å². The molecule has 1 aliphatic rings. The van der Waals surface area contributed by atoms with Crippen LogP contribution in [-0.4, -0.2) is 11.6 Å². The van der Waals surface area contributed by atoms with Gasteiger partial charge in [0, 0.05) is 28.6 Å². The van der Waals surface area contributed by atoms with Gasteiger partial charge < -0.3 is 5.32 Å². The Balaban J connectivity index is 1.78. The number of rotatable bonds is 2. The molecule has 0 atom stereocenters. The Kier molecular flexibility index (Phi) is 3.97. The Morgan fingerprint density at radius 3 is 2.07 bits per heavy atom. The van der Waals surface area contributed by atoms with Crippen LogP contribution in [0.5, 0.6) is 0 Å². The molecule has 7 heteroatoms. The van der Waals surface area contributed by atoms with Crippen molar-refractivity contribution in [2.75, 3.05) is 5.32 Å². The average Bonchev–Trinajstić information content (AvgIpc) is 2.69. The molecule has 4 rings (SSSR count). The number of benzene rings is 3. The van der Waals surface area contributed by atoms with E-state index in [1.807, 2.05) is 6.07 Å². The summed E-state index contributed by atoms with van der Waals surface area (Å²) >= 11 is 0. The molecule has 0 fully saturated rings. The van der Waals surface area contributed by atoms with Gasteiger partial charge in [0.15, 0.2) is 23.2 Å². The number of fused-ring (bicyclic) bond motifs is 2. The number of nitrogens with zero attached hydrogens (tertiary/aromatic N) is 1. The summed E-state index contributed by atoms with van der Waals surface area (Å²) in [5, 5.41) is 11.8. The minimum absolute atomic E-state index is 0.0900. The third kappa shape index (κ3) is 2.63. The van der Waals surface area contributed by atoms with Gasteiger partial charge in [0.05, 0.1) is 22.8 Å². The predicted molar refractivity (Wildman–Crippen MR) is 94.1 cm³/mol. The molecule has 28 heavy (non-hydrogen) atoms. The van der Waals surface area contributed by atoms with E-state index in [2.05, 4.69) is 5.32 Å². The van der Waals surface area contributed by atoms with E-state index in [0.717, 1.165) is 0 Å². The van der Waals surface area contributed by atoms with Gasteiger partial charge in [0.2, 0.25) is 0 Å². The zero-order valence-corrected chi connectivity index (χ0v) is 14.0. The van der Waals surface area contributed by atoms with Crippen LogP contribution in [0.3, 0.4) is 0 Å². The summed E-state index contributed by atoms with van der Waals surface area (Å²) < 4.78 is 41.7. The fourth-order valence-corrected chi connectivity index (χ4v) is 3.10. The zero-order valence-electron chi connectivity index (χ0n) is 14.0. The lowest BCUT2D eigenvalue weighted by Gasteiger charge is -2.19. The zero-order chi connectivity index (χ0) is 20.0. The first-order valence-electron chi connectivity index (χ1n) is 8.09. The van der Waals surface area contributed by atoms with Crippen LogP contribution in [0, 0.1) is 28.8 Å². The van der Waals surface area contributed by atoms with Gasteiger partial charge in [-0.25, -0.2) is 13.2 Å². The van der Waals surface area contributed by atoms with E-state index in [1.165, 1.54) is 18.2 Å². The summed E-state index contributed by atoms with van der Waals surface area (Å²) in [4.78, 5) is 25.2. The molecule has 0 spiro atoms. The van der Waals surface area contributed by atoms with E-state index in [4.69, 9.17) is 5.26 Å². The fourth-order valence-electron chi connectivity index (χ4n) is 3.10. The molecule has 0 radical (unpaired) electrons. The van der Waals surface area contributed by atoms with Gasteiger partial charge in [-0.3, -0.25) is 9.59 Å². The van der Waals surface area contributed by atoms with Gasteiger partial charge in [-0.15, -0.1) is 0 Å². The number of hydrogen-bond acceptors (Lipinski definition) is 4. The van der Waals surface area contributed by atoms with E-state index in [0.29, 0.717) is 16.9 Å². The molecule has 3 aromatic carbocycles. The monoisotopic (exact) mass is 378 g/mol. The highest BCUT2D eigenvalue weighted by atomic mass is 19.2. The second-order valence-electron chi connectivity index (χ2n) is 6.14. The number of nitriles is 1. The van der Waals surface area contributed by atoms with Crippen LogP contribution in [0.1, 0.15) is 37.4 Å². The Labute approximate surface area is 156 Å². The molecule has 0 aliphatic heterocycles. The number of hydrogen-bond donors (Lipinski definition) is 1. The number of carbonyl (C=O) groups is 2. The Hall–Kier alpha value is -3.92. The van der Waals surface area contributed by atoms with Crippen molar-refractivity contribution in [3.63, 3.8) is 0 Å². The van der Waals surface area contributed by atoms with E-state index in [1.54, 1.807) is 24.3 Å². The minimum atomic E-state index is -1.55. The lowest BCUT2D eigenvalue weighted by molar-refractivity contribution is 0.0971. The number of ketones is 2. The van der Waals surface area contributed by atoms with E-state index in [9.17, 15) is 22.8 Å². The lowest BCUT2D eigenvalue weighted by atomic mass is 9.83. The van der Waals surface area contributed by atoms with Crippen LogP contribution in [0.25, 0.3) is 0 Å². The first-order valence-corrected chi connectivity index (χ1v) is 8.09. The molecule has 0 saturated carbocycles. The molecule has 136 valence electrons.